The van der Waals surface area contributed by atoms with Gasteiger partial charge in [-0.1, -0.05) is 42.5 Å². The SMILES string of the molecule is O=C(N/N=C\c1cccs1)c1nn(-c2ccccc2)c(=O)c2ccccc12. The summed E-state index contributed by atoms with van der Waals surface area (Å²) in [5.74, 6) is -0.483. The van der Waals surface area contributed by atoms with Crippen LogP contribution >= 0.6 is 11.3 Å². The van der Waals surface area contributed by atoms with Crippen LogP contribution in [-0.2, 0) is 0 Å². The minimum absolute atomic E-state index is 0.136. The first-order valence-corrected chi connectivity index (χ1v) is 9.06. The molecule has 1 amide bonds. The number of hydrogen-bond donors (Lipinski definition) is 1. The van der Waals surface area contributed by atoms with Crippen molar-refractivity contribution in [3.8, 4) is 5.69 Å². The lowest BCUT2D eigenvalue weighted by Gasteiger charge is -2.10. The highest BCUT2D eigenvalue weighted by molar-refractivity contribution is 7.11. The second-order valence-corrected chi connectivity index (χ2v) is 6.64. The van der Waals surface area contributed by atoms with Gasteiger partial charge in [-0.05, 0) is 29.6 Å². The Kier molecular flexibility index (Phi) is 4.59. The van der Waals surface area contributed by atoms with Gasteiger partial charge in [0.1, 0.15) is 0 Å². The Labute approximate surface area is 158 Å². The topological polar surface area (TPSA) is 76.3 Å². The highest BCUT2D eigenvalue weighted by atomic mass is 32.1. The van der Waals surface area contributed by atoms with Crippen LogP contribution in [0.3, 0.4) is 0 Å². The molecule has 0 aliphatic carbocycles. The van der Waals surface area contributed by atoms with Crippen LogP contribution in [0.5, 0.6) is 0 Å². The van der Waals surface area contributed by atoms with Crippen LogP contribution in [0, 0.1) is 0 Å². The summed E-state index contributed by atoms with van der Waals surface area (Å²) < 4.78 is 1.24. The predicted octanol–water partition coefficient (Wildman–Crippen LogP) is 3.21. The number of hydrazone groups is 1. The Morgan fingerprint density at radius 3 is 2.48 bits per heavy atom. The standard InChI is InChI=1S/C20H14N4O2S/c25-19(22-21-13-15-9-6-12-27-15)18-16-10-4-5-11-17(16)20(26)24(23-18)14-7-2-1-3-8-14/h1-13H,(H,22,25)/b21-13-. The van der Waals surface area contributed by atoms with E-state index in [1.807, 2.05) is 35.7 Å². The first kappa shape index (κ1) is 16.9. The quantitative estimate of drug-likeness (QED) is 0.440. The van der Waals surface area contributed by atoms with Gasteiger partial charge in [0.15, 0.2) is 5.69 Å². The number of fused-ring (bicyclic) bond motifs is 1. The van der Waals surface area contributed by atoms with Gasteiger partial charge >= 0.3 is 0 Å². The summed E-state index contributed by atoms with van der Waals surface area (Å²) in [6.45, 7) is 0. The van der Waals surface area contributed by atoms with Gasteiger partial charge in [-0.3, -0.25) is 9.59 Å². The van der Waals surface area contributed by atoms with Gasteiger partial charge in [0, 0.05) is 10.3 Å². The van der Waals surface area contributed by atoms with Gasteiger partial charge in [-0.2, -0.15) is 14.9 Å². The molecule has 0 atom stereocenters. The summed E-state index contributed by atoms with van der Waals surface area (Å²) in [7, 11) is 0. The van der Waals surface area contributed by atoms with E-state index in [0.29, 0.717) is 16.5 Å². The normalized spacial score (nSPS) is 11.1. The van der Waals surface area contributed by atoms with Crippen molar-refractivity contribution in [1.82, 2.24) is 15.2 Å². The summed E-state index contributed by atoms with van der Waals surface area (Å²) in [6, 6.07) is 19.7. The number of amides is 1. The second kappa shape index (κ2) is 7.35. The maximum absolute atomic E-state index is 12.8. The Morgan fingerprint density at radius 1 is 1.00 bits per heavy atom. The first-order chi connectivity index (χ1) is 13.2. The van der Waals surface area contributed by atoms with Crippen LogP contribution in [0.2, 0.25) is 0 Å². The fourth-order valence-electron chi connectivity index (χ4n) is 2.67. The number of rotatable bonds is 4. The van der Waals surface area contributed by atoms with Crippen molar-refractivity contribution in [2.75, 3.05) is 0 Å². The molecule has 0 bridgehead atoms. The van der Waals surface area contributed by atoms with E-state index in [1.165, 1.54) is 16.0 Å². The predicted molar refractivity (Wildman–Crippen MR) is 107 cm³/mol. The van der Waals surface area contributed by atoms with E-state index in [-0.39, 0.29) is 11.3 Å². The van der Waals surface area contributed by atoms with Crippen LogP contribution in [-0.4, -0.2) is 21.9 Å². The number of hydrogen-bond acceptors (Lipinski definition) is 5. The zero-order valence-corrected chi connectivity index (χ0v) is 14.9. The Balaban J connectivity index is 1.78. The Bertz CT molecular complexity index is 1180. The zero-order chi connectivity index (χ0) is 18.6. The van der Waals surface area contributed by atoms with Crippen molar-refractivity contribution < 1.29 is 4.79 Å². The average Bonchev–Trinajstić information content (AvgIpc) is 3.22. The molecule has 4 aromatic rings. The highest BCUT2D eigenvalue weighted by Gasteiger charge is 2.17. The minimum Gasteiger partial charge on any atom is -0.267 e. The number of thiophene rings is 1. The van der Waals surface area contributed by atoms with E-state index in [1.54, 1.807) is 42.6 Å². The lowest BCUT2D eigenvalue weighted by Crippen LogP contribution is -2.28. The van der Waals surface area contributed by atoms with Crippen molar-refractivity contribution in [1.29, 1.82) is 0 Å². The van der Waals surface area contributed by atoms with E-state index < -0.39 is 5.91 Å². The number of benzene rings is 2. The van der Waals surface area contributed by atoms with Crippen molar-refractivity contribution in [3.63, 3.8) is 0 Å². The molecule has 0 aliphatic heterocycles. The monoisotopic (exact) mass is 374 g/mol. The number of para-hydroxylation sites is 1. The molecule has 27 heavy (non-hydrogen) atoms. The number of carbonyl (C=O) groups excluding carboxylic acids is 1. The maximum atomic E-state index is 12.8. The summed E-state index contributed by atoms with van der Waals surface area (Å²) in [5, 5.41) is 11.1. The fourth-order valence-corrected chi connectivity index (χ4v) is 3.26. The number of carbonyl (C=O) groups is 1. The molecule has 0 radical (unpaired) electrons. The molecule has 0 unspecified atom stereocenters. The average molecular weight is 374 g/mol. The molecule has 2 aromatic carbocycles. The van der Waals surface area contributed by atoms with E-state index in [0.717, 1.165) is 4.88 Å². The smallest absolute Gasteiger partial charge is 0.267 e. The van der Waals surface area contributed by atoms with Gasteiger partial charge in [0.2, 0.25) is 0 Å². The molecule has 2 heterocycles. The van der Waals surface area contributed by atoms with Gasteiger partial charge in [-0.15, -0.1) is 11.3 Å². The summed E-state index contributed by atoms with van der Waals surface area (Å²) in [6.07, 6.45) is 1.57. The largest absolute Gasteiger partial charge is 0.292 e. The number of aromatic nitrogens is 2. The first-order valence-electron chi connectivity index (χ1n) is 8.18. The summed E-state index contributed by atoms with van der Waals surface area (Å²) >= 11 is 1.51. The molecular formula is C20H14N4O2S. The molecule has 132 valence electrons. The van der Waals surface area contributed by atoms with Gasteiger partial charge < -0.3 is 0 Å². The molecule has 0 saturated carbocycles. The molecular weight excluding hydrogens is 360 g/mol. The molecule has 4 rings (SSSR count). The van der Waals surface area contributed by atoms with Crippen LogP contribution in [0.25, 0.3) is 16.5 Å². The van der Waals surface area contributed by atoms with Gasteiger partial charge in [-0.25, -0.2) is 5.43 Å². The van der Waals surface area contributed by atoms with Crippen LogP contribution in [0.15, 0.2) is 82.0 Å². The molecule has 0 spiro atoms. The number of nitrogens with one attached hydrogen (secondary N) is 1. The molecule has 7 heteroatoms. The van der Waals surface area contributed by atoms with E-state index in [9.17, 15) is 9.59 Å². The van der Waals surface area contributed by atoms with Gasteiger partial charge in [0.25, 0.3) is 11.5 Å². The molecule has 0 fully saturated rings. The third-order valence-corrected chi connectivity index (χ3v) is 4.73. The Morgan fingerprint density at radius 2 is 1.74 bits per heavy atom. The van der Waals surface area contributed by atoms with Crippen molar-refractivity contribution in [3.05, 3.63) is 93.0 Å². The minimum atomic E-state index is -0.483. The summed E-state index contributed by atoms with van der Waals surface area (Å²) in [4.78, 5) is 26.4. The lowest BCUT2D eigenvalue weighted by molar-refractivity contribution is 0.0950. The zero-order valence-electron chi connectivity index (χ0n) is 14.1. The van der Waals surface area contributed by atoms with E-state index in [2.05, 4.69) is 15.6 Å². The summed E-state index contributed by atoms with van der Waals surface area (Å²) in [5.41, 5.74) is 2.93. The molecule has 0 aliphatic rings. The van der Waals surface area contributed by atoms with E-state index in [4.69, 9.17) is 0 Å². The van der Waals surface area contributed by atoms with Gasteiger partial charge in [0.05, 0.1) is 17.3 Å². The molecule has 6 nitrogen and oxygen atoms in total. The molecule has 1 N–H and O–H groups in total. The fraction of sp³-hybridized carbons (Fsp3) is 0. The van der Waals surface area contributed by atoms with E-state index >= 15 is 0 Å². The number of nitrogens with zero attached hydrogens (tertiary/aromatic N) is 3. The maximum Gasteiger partial charge on any atom is 0.292 e. The van der Waals surface area contributed by atoms with Crippen molar-refractivity contribution in [2.45, 2.75) is 0 Å². The highest BCUT2D eigenvalue weighted by Crippen LogP contribution is 2.15. The second-order valence-electron chi connectivity index (χ2n) is 5.66. The third kappa shape index (κ3) is 3.40. The molecule has 0 saturated heterocycles. The van der Waals surface area contributed by atoms with Crippen molar-refractivity contribution in [2.24, 2.45) is 5.10 Å². The molecule has 2 aromatic heterocycles. The third-order valence-electron chi connectivity index (χ3n) is 3.92. The van der Waals surface area contributed by atoms with Crippen LogP contribution < -0.4 is 11.0 Å². The lowest BCUT2D eigenvalue weighted by atomic mass is 10.1. The van der Waals surface area contributed by atoms with Crippen LogP contribution in [0.4, 0.5) is 0 Å². The van der Waals surface area contributed by atoms with Crippen molar-refractivity contribution >= 4 is 34.2 Å². The van der Waals surface area contributed by atoms with Crippen LogP contribution in [0.1, 0.15) is 15.4 Å². The Hall–Kier alpha value is -3.58.